The molecule has 1 heterocycles. The van der Waals surface area contributed by atoms with Gasteiger partial charge in [0.25, 0.3) is 0 Å². The Bertz CT molecular complexity index is 321. The summed E-state index contributed by atoms with van der Waals surface area (Å²) in [7, 11) is 0. The first kappa shape index (κ1) is 7.98. The number of aromatic nitrogens is 2. The number of carbonyl (C=O) groups excluding carboxylic acids is 1. The van der Waals surface area contributed by atoms with Crippen LogP contribution in [0.2, 0.25) is 0 Å². The molecule has 12 heavy (non-hydrogen) atoms. The number of carbonyl (C=O) groups is 1. The summed E-state index contributed by atoms with van der Waals surface area (Å²) in [5, 5.41) is 6.74. The van der Waals surface area contributed by atoms with Crippen LogP contribution in [0.3, 0.4) is 0 Å². The quantitative estimate of drug-likeness (QED) is 0.690. The standard InChI is InChI=1S/C8H9BrN2O/c1-4-2-6(9)8(12)5-3-10-11-7(4)5/h3-4,6H,2H2,1H3,(H,10,11). The molecule has 2 rings (SSSR count). The molecule has 1 aromatic rings. The Morgan fingerprint density at radius 3 is 3.25 bits per heavy atom. The first-order valence-corrected chi connectivity index (χ1v) is 4.83. The second-order valence-electron chi connectivity index (χ2n) is 3.17. The number of ketones is 1. The van der Waals surface area contributed by atoms with Crippen molar-refractivity contribution in [3.05, 3.63) is 17.5 Å². The molecule has 1 aromatic heterocycles. The highest BCUT2D eigenvalue weighted by Gasteiger charge is 2.31. The SMILES string of the molecule is CC1CC(Br)C(=O)c2cn[nH]c21. The van der Waals surface area contributed by atoms with Gasteiger partial charge in [-0.25, -0.2) is 0 Å². The fourth-order valence-corrected chi connectivity index (χ4v) is 2.38. The highest BCUT2D eigenvalue weighted by atomic mass is 79.9. The van der Waals surface area contributed by atoms with Crippen molar-refractivity contribution in [1.29, 1.82) is 0 Å². The van der Waals surface area contributed by atoms with E-state index in [2.05, 4.69) is 33.1 Å². The smallest absolute Gasteiger partial charge is 0.179 e. The van der Waals surface area contributed by atoms with Crippen LogP contribution in [0.15, 0.2) is 6.20 Å². The highest BCUT2D eigenvalue weighted by Crippen LogP contribution is 2.32. The lowest BCUT2D eigenvalue weighted by Crippen LogP contribution is -2.23. The number of hydrogen-bond donors (Lipinski definition) is 1. The number of aromatic amines is 1. The minimum atomic E-state index is -0.0300. The normalized spacial score (nSPS) is 28.7. The Balaban J connectivity index is 2.50. The maximum absolute atomic E-state index is 11.5. The Morgan fingerprint density at radius 2 is 2.50 bits per heavy atom. The first-order valence-electron chi connectivity index (χ1n) is 3.91. The highest BCUT2D eigenvalue weighted by molar-refractivity contribution is 9.10. The van der Waals surface area contributed by atoms with Crippen molar-refractivity contribution in [2.24, 2.45) is 0 Å². The lowest BCUT2D eigenvalue weighted by atomic mass is 9.88. The molecule has 4 heteroatoms. The molecule has 2 atom stereocenters. The third kappa shape index (κ3) is 1.02. The number of halogens is 1. The lowest BCUT2D eigenvalue weighted by Gasteiger charge is -2.20. The van der Waals surface area contributed by atoms with Crippen LogP contribution in [0.25, 0.3) is 0 Å². The molecule has 0 aromatic carbocycles. The summed E-state index contributed by atoms with van der Waals surface area (Å²) < 4.78 is 0. The second kappa shape index (κ2) is 2.69. The molecule has 0 radical (unpaired) electrons. The maximum Gasteiger partial charge on any atom is 0.179 e. The van der Waals surface area contributed by atoms with Crippen LogP contribution < -0.4 is 0 Å². The summed E-state index contributed by atoms with van der Waals surface area (Å²) in [6, 6.07) is 0. The topological polar surface area (TPSA) is 45.8 Å². The first-order chi connectivity index (χ1) is 5.70. The van der Waals surface area contributed by atoms with Gasteiger partial charge in [-0.15, -0.1) is 0 Å². The average molecular weight is 229 g/mol. The van der Waals surface area contributed by atoms with E-state index >= 15 is 0 Å². The van der Waals surface area contributed by atoms with Crippen molar-refractivity contribution in [2.45, 2.75) is 24.1 Å². The number of nitrogens with one attached hydrogen (secondary N) is 1. The van der Waals surface area contributed by atoms with Gasteiger partial charge in [0.1, 0.15) is 0 Å². The van der Waals surface area contributed by atoms with Crippen LogP contribution in [0.1, 0.15) is 35.3 Å². The van der Waals surface area contributed by atoms with Gasteiger partial charge in [-0.05, 0) is 6.42 Å². The number of Topliss-reactive ketones (excluding diaryl/α,β-unsaturated/α-hetero) is 1. The van der Waals surface area contributed by atoms with Crippen LogP contribution in [0.4, 0.5) is 0 Å². The van der Waals surface area contributed by atoms with Gasteiger partial charge in [-0.1, -0.05) is 22.9 Å². The molecule has 1 aliphatic carbocycles. The number of H-pyrrole nitrogens is 1. The molecule has 0 bridgehead atoms. The van der Waals surface area contributed by atoms with E-state index in [1.165, 1.54) is 0 Å². The van der Waals surface area contributed by atoms with Crippen molar-refractivity contribution >= 4 is 21.7 Å². The van der Waals surface area contributed by atoms with Crippen molar-refractivity contribution < 1.29 is 4.79 Å². The second-order valence-corrected chi connectivity index (χ2v) is 4.27. The molecule has 0 amide bonds. The molecular weight excluding hydrogens is 220 g/mol. The summed E-state index contributed by atoms with van der Waals surface area (Å²) in [6.45, 7) is 2.09. The van der Waals surface area contributed by atoms with Crippen LogP contribution in [-0.4, -0.2) is 20.8 Å². The van der Waals surface area contributed by atoms with E-state index < -0.39 is 0 Å². The van der Waals surface area contributed by atoms with E-state index in [0.29, 0.717) is 5.92 Å². The fourth-order valence-electron chi connectivity index (χ4n) is 1.57. The summed E-state index contributed by atoms with van der Waals surface area (Å²) in [5.41, 5.74) is 1.73. The van der Waals surface area contributed by atoms with Crippen LogP contribution in [0, 0.1) is 0 Å². The zero-order valence-corrected chi connectivity index (χ0v) is 8.26. The van der Waals surface area contributed by atoms with Crippen LogP contribution in [0.5, 0.6) is 0 Å². The summed E-state index contributed by atoms with van der Waals surface area (Å²) in [4.78, 5) is 11.5. The van der Waals surface area contributed by atoms with E-state index in [1.54, 1.807) is 6.20 Å². The third-order valence-electron chi connectivity index (χ3n) is 2.27. The zero-order valence-electron chi connectivity index (χ0n) is 6.67. The summed E-state index contributed by atoms with van der Waals surface area (Å²) >= 11 is 3.36. The molecule has 1 N–H and O–H groups in total. The molecule has 0 fully saturated rings. The number of hydrogen-bond acceptors (Lipinski definition) is 2. The van der Waals surface area contributed by atoms with Crippen molar-refractivity contribution in [3.8, 4) is 0 Å². The van der Waals surface area contributed by atoms with Crippen molar-refractivity contribution in [3.63, 3.8) is 0 Å². The molecule has 0 saturated carbocycles. The van der Waals surface area contributed by atoms with Crippen molar-refractivity contribution in [2.75, 3.05) is 0 Å². The number of alkyl halides is 1. The van der Waals surface area contributed by atoms with Gasteiger partial charge in [0, 0.05) is 11.6 Å². The summed E-state index contributed by atoms with van der Waals surface area (Å²) in [5.74, 6) is 0.543. The van der Waals surface area contributed by atoms with E-state index in [0.717, 1.165) is 17.7 Å². The number of rotatable bonds is 0. The van der Waals surface area contributed by atoms with Gasteiger partial charge < -0.3 is 0 Å². The lowest BCUT2D eigenvalue weighted by molar-refractivity contribution is 0.0977. The van der Waals surface area contributed by atoms with Gasteiger partial charge in [0.2, 0.25) is 0 Å². The van der Waals surface area contributed by atoms with E-state index in [-0.39, 0.29) is 10.6 Å². The Labute approximate surface area is 78.7 Å². The molecule has 0 spiro atoms. The average Bonchev–Trinajstić information content (AvgIpc) is 2.48. The molecule has 2 unspecified atom stereocenters. The minimum Gasteiger partial charge on any atom is -0.293 e. The molecule has 0 aliphatic heterocycles. The Hall–Kier alpha value is -0.640. The molecule has 64 valence electrons. The number of nitrogens with zero attached hydrogens (tertiary/aromatic N) is 1. The predicted octanol–water partition coefficient (Wildman–Crippen LogP) is 1.86. The van der Waals surface area contributed by atoms with E-state index in [4.69, 9.17) is 0 Å². The monoisotopic (exact) mass is 228 g/mol. The summed E-state index contributed by atoms with van der Waals surface area (Å²) in [6.07, 6.45) is 2.47. The maximum atomic E-state index is 11.5. The fraction of sp³-hybridized carbons (Fsp3) is 0.500. The Morgan fingerprint density at radius 1 is 1.75 bits per heavy atom. The molecule has 1 aliphatic rings. The van der Waals surface area contributed by atoms with Gasteiger partial charge in [-0.2, -0.15) is 5.10 Å². The largest absolute Gasteiger partial charge is 0.293 e. The van der Waals surface area contributed by atoms with Crippen molar-refractivity contribution in [1.82, 2.24) is 10.2 Å². The molecule has 0 saturated heterocycles. The van der Waals surface area contributed by atoms with Gasteiger partial charge in [0.05, 0.1) is 16.6 Å². The predicted molar refractivity (Wildman–Crippen MR) is 48.7 cm³/mol. The molecule has 3 nitrogen and oxygen atoms in total. The zero-order chi connectivity index (χ0) is 8.72. The van der Waals surface area contributed by atoms with Gasteiger partial charge >= 0.3 is 0 Å². The van der Waals surface area contributed by atoms with Gasteiger partial charge in [-0.3, -0.25) is 9.89 Å². The number of fused-ring (bicyclic) bond motifs is 1. The van der Waals surface area contributed by atoms with Crippen LogP contribution in [-0.2, 0) is 0 Å². The third-order valence-corrected chi connectivity index (χ3v) is 3.06. The van der Waals surface area contributed by atoms with Crippen LogP contribution >= 0.6 is 15.9 Å². The molecular formula is C8H9BrN2O. The van der Waals surface area contributed by atoms with Gasteiger partial charge in [0.15, 0.2) is 5.78 Å². The van der Waals surface area contributed by atoms with E-state index in [1.807, 2.05) is 0 Å². The minimum absolute atomic E-state index is 0.0300. The Kier molecular flexibility index (Phi) is 1.79. The van der Waals surface area contributed by atoms with E-state index in [9.17, 15) is 4.79 Å².